The van der Waals surface area contributed by atoms with E-state index in [4.69, 9.17) is 9.47 Å². The Labute approximate surface area is 212 Å². The van der Waals surface area contributed by atoms with Gasteiger partial charge in [-0.05, 0) is 88.7 Å². The van der Waals surface area contributed by atoms with E-state index in [0.717, 1.165) is 22.8 Å². The molecule has 0 N–H and O–H groups in total. The van der Waals surface area contributed by atoms with Crippen molar-refractivity contribution in [3.63, 3.8) is 0 Å². The predicted molar refractivity (Wildman–Crippen MR) is 140 cm³/mol. The SMILES string of the molecule is CCOc1ccc(-n2c(C)cc(/C=C(\C#N)C(=O)O[C@H](C)C(=O)N(CC)c3ccccc3)c2C)cc1. The second-order valence-corrected chi connectivity index (χ2v) is 8.22. The van der Waals surface area contributed by atoms with E-state index in [2.05, 4.69) is 0 Å². The van der Waals surface area contributed by atoms with Gasteiger partial charge in [-0.15, -0.1) is 0 Å². The van der Waals surface area contributed by atoms with Gasteiger partial charge < -0.3 is 18.9 Å². The van der Waals surface area contributed by atoms with E-state index in [0.29, 0.717) is 24.4 Å². The lowest BCUT2D eigenvalue weighted by Gasteiger charge is -2.24. The minimum absolute atomic E-state index is 0.177. The second-order valence-electron chi connectivity index (χ2n) is 8.22. The van der Waals surface area contributed by atoms with Crippen LogP contribution in [0.2, 0.25) is 0 Å². The molecule has 0 aliphatic carbocycles. The number of carbonyl (C=O) groups is 2. The van der Waals surface area contributed by atoms with Gasteiger partial charge in [0.2, 0.25) is 0 Å². The fourth-order valence-electron chi connectivity index (χ4n) is 4.05. The molecule has 36 heavy (non-hydrogen) atoms. The van der Waals surface area contributed by atoms with E-state index < -0.39 is 12.1 Å². The van der Waals surface area contributed by atoms with Crippen molar-refractivity contribution in [1.82, 2.24) is 4.57 Å². The van der Waals surface area contributed by atoms with Gasteiger partial charge in [0.05, 0.1) is 6.61 Å². The molecule has 1 atom stereocenters. The molecular weight excluding hydrogens is 454 g/mol. The van der Waals surface area contributed by atoms with Crippen molar-refractivity contribution in [2.75, 3.05) is 18.1 Å². The van der Waals surface area contributed by atoms with E-state index >= 15 is 0 Å². The van der Waals surface area contributed by atoms with Gasteiger partial charge in [-0.2, -0.15) is 5.26 Å². The number of anilines is 1. The molecule has 0 aliphatic heterocycles. The summed E-state index contributed by atoms with van der Waals surface area (Å²) in [6, 6.07) is 20.7. The van der Waals surface area contributed by atoms with Crippen LogP contribution in [0.25, 0.3) is 11.8 Å². The minimum atomic E-state index is -1.05. The van der Waals surface area contributed by atoms with Crippen LogP contribution in [0.4, 0.5) is 5.69 Å². The summed E-state index contributed by atoms with van der Waals surface area (Å²) < 4.78 is 13.0. The molecule has 0 unspecified atom stereocenters. The topological polar surface area (TPSA) is 84.6 Å². The van der Waals surface area contributed by atoms with Crippen molar-refractivity contribution in [1.29, 1.82) is 5.26 Å². The smallest absolute Gasteiger partial charge is 0.349 e. The van der Waals surface area contributed by atoms with Crippen LogP contribution in [0.3, 0.4) is 0 Å². The average Bonchev–Trinajstić information content (AvgIpc) is 3.16. The van der Waals surface area contributed by atoms with Crippen LogP contribution in [-0.2, 0) is 14.3 Å². The lowest BCUT2D eigenvalue weighted by molar-refractivity contribution is -0.149. The van der Waals surface area contributed by atoms with Crippen LogP contribution >= 0.6 is 0 Å². The standard InChI is InChI=1S/C29H31N3O4/c1-6-31(25-11-9-8-10-12-25)28(33)22(5)36-29(34)24(19-30)18-23-17-20(3)32(21(23)4)26-13-15-27(16-14-26)35-7-2/h8-18,22H,6-7H2,1-5H3/b24-18+/t22-/m1/s1. The summed E-state index contributed by atoms with van der Waals surface area (Å²) in [5.74, 6) is -0.410. The molecule has 2 aromatic carbocycles. The first-order chi connectivity index (χ1) is 17.3. The van der Waals surface area contributed by atoms with Gasteiger partial charge in [0.1, 0.15) is 17.4 Å². The van der Waals surface area contributed by atoms with Gasteiger partial charge in [-0.25, -0.2) is 4.79 Å². The molecule has 0 radical (unpaired) electrons. The minimum Gasteiger partial charge on any atom is -0.494 e. The Bertz CT molecular complexity index is 1280. The maximum absolute atomic E-state index is 12.9. The highest BCUT2D eigenvalue weighted by Gasteiger charge is 2.25. The Morgan fingerprint density at radius 3 is 2.33 bits per heavy atom. The Morgan fingerprint density at radius 1 is 1.08 bits per heavy atom. The third-order valence-electron chi connectivity index (χ3n) is 5.80. The normalized spacial score (nSPS) is 11.9. The summed E-state index contributed by atoms with van der Waals surface area (Å²) in [6.45, 7) is 10.2. The van der Waals surface area contributed by atoms with Gasteiger partial charge in [0.15, 0.2) is 6.10 Å². The van der Waals surface area contributed by atoms with Gasteiger partial charge in [0, 0.05) is 29.3 Å². The molecule has 1 heterocycles. The first-order valence-corrected chi connectivity index (χ1v) is 11.9. The molecular formula is C29H31N3O4. The molecule has 186 valence electrons. The number of rotatable bonds is 9. The number of amides is 1. The van der Waals surface area contributed by atoms with Crippen molar-refractivity contribution >= 4 is 23.6 Å². The van der Waals surface area contributed by atoms with Crippen LogP contribution in [0.5, 0.6) is 5.75 Å². The number of aromatic nitrogens is 1. The maximum Gasteiger partial charge on any atom is 0.349 e. The van der Waals surface area contributed by atoms with Crippen molar-refractivity contribution in [2.24, 2.45) is 0 Å². The summed E-state index contributed by atoms with van der Waals surface area (Å²) >= 11 is 0. The van der Waals surface area contributed by atoms with E-state index in [-0.39, 0.29) is 11.5 Å². The number of nitrogens with zero attached hydrogens (tertiary/aromatic N) is 3. The quantitative estimate of drug-likeness (QED) is 0.231. The Hall–Kier alpha value is -4.31. The van der Waals surface area contributed by atoms with Gasteiger partial charge >= 0.3 is 5.97 Å². The Balaban J connectivity index is 1.80. The highest BCUT2D eigenvalue weighted by molar-refractivity contribution is 6.02. The fourth-order valence-corrected chi connectivity index (χ4v) is 4.05. The average molecular weight is 486 g/mol. The molecule has 0 aliphatic rings. The van der Waals surface area contributed by atoms with Gasteiger partial charge in [-0.3, -0.25) is 4.79 Å². The molecule has 7 nitrogen and oxygen atoms in total. The molecule has 0 bridgehead atoms. The van der Waals surface area contributed by atoms with E-state index in [9.17, 15) is 14.9 Å². The number of likely N-dealkylation sites (N-methyl/N-ethyl adjacent to an activating group) is 1. The van der Waals surface area contributed by atoms with E-state index in [1.165, 1.54) is 17.9 Å². The second kappa shape index (κ2) is 11.9. The number of ether oxygens (including phenoxy) is 2. The monoisotopic (exact) mass is 485 g/mol. The molecule has 0 fully saturated rings. The predicted octanol–water partition coefficient (Wildman–Crippen LogP) is 5.38. The molecule has 0 saturated heterocycles. The lowest BCUT2D eigenvalue weighted by Crippen LogP contribution is -2.40. The van der Waals surface area contributed by atoms with Crippen molar-refractivity contribution < 1.29 is 19.1 Å². The summed E-state index contributed by atoms with van der Waals surface area (Å²) in [7, 11) is 0. The van der Waals surface area contributed by atoms with Crippen molar-refractivity contribution in [3.05, 3.63) is 83.2 Å². The van der Waals surface area contributed by atoms with Crippen LogP contribution in [0.15, 0.2) is 66.2 Å². The third kappa shape index (κ3) is 5.84. The van der Waals surface area contributed by atoms with Crippen LogP contribution in [0.1, 0.15) is 37.7 Å². The Kier molecular flexibility index (Phi) is 8.69. The van der Waals surface area contributed by atoms with E-state index in [1.54, 1.807) is 0 Å². The summed E-state index contributed by atoms with van der Waals surface area (Å²) in [4.78, 5) is 27.3. The molecule has 7 heteroatoms. The molecule has 1 amide bonds. The number of aryl methyl sites for hydroxylation is 1. The zero-order valence-electron chi connectivity index (χ0n) is 21.3. The van der Waals surface area contributed by atoms with E-state index in [1.807, 2.05) is 99.0 Å². The first-order valence-electron chi connectivity index (χ1n) is 11.9. The van der Waals surface area contributed by atoms with Gasteiger partial charge in [0.25, 0.3) is 5.91 Å². The number of hydrogen-bond donors (Lipinski definition) is 0. The maximum atomic E-state index is 12.9. The zero-order valence-corrected chi connectivity index (χ0v) is 21.3. The van der Waals surface area contributed by atoms with Crippen LogP contribution < -0.4 is 9.64 Å². The largest absolute Gasteiger partial charge is 0.494 e. The highest BCUT2D eigenvalue weighted by Crippen LogP contribution is 2.25. The molecule has 3 aromatic rings. The number of carbonyl (C=O) groups excluding carboxylic acids is 2. The summed E-state index contributed by atoms with van der Waals surface area (Å²) in [5, 5.41) is 9.67. The number of esters is 1. The summed E-state index contributed by atoms with van der Waals surface area (Å²) in [6.07, 6.45) is 0.451. The van der Waals surface area contributed by atoms with Crippen molar-refractivity contribution in [2.45, 2.75) is 40.7 Å². The zero-order chi connectivity index (χ0) is 26.2. The van der Waals surface area contributed by atoms with Gasteiger partial charge in [-0.1, -0.05) is 18.2 Å². The fraction of sp³-hybridized carbons (Fsp3) is 0.276. The highest BCUT2D eigenvalue weighted by atomic mass is 16.5. The summed E-state index contributed by atoms with van der Waals surface area (Å²) in [5.41, 5.74) is 4.00. The lowest BCUT2D eigenvalue weighted by atomic mass is 10.1. The third-order valence-corrected chi connectivity index (χ3v) is 5.80. The molecule has 0 spiro atoms. The number of nitriles is 1. The number of benzene rings is 2. The molecule has 3 rings (SSSR count). The first kappa shape index (κ1) is 26.3. The Morgan fingerprint density at radius 2 is 1.75 bits per heavy atom. The molecule has 1 aromatic heterocycles. The molecule has 0 saturated carbocycles. The van der Waals surface area contributed by atoms with Crippen molar-refractivity contribution in [3.8, 4) is 17.5 Å². The van der Waals surface area contributed by atoms with Crippen LogP contribution in [0, 0.1) is 25.2 Å². The van der Waals surface area contributed by atoms with Crippen LogP contribution in [-0.4, -0.2) is 35.7 Å². The number of para-hydroxylation sites is 1. The number of hydrogen-bond acceptors (Lipinski definition) is 5.